The van der Waals surface area contributed by atoms with Crippen molar-refractivity contribution in [2.45, 2.75) is 32.2 Å². The zero-order valence-electron chi connectivity index (χ0n) is 15.1. The molecular weight excluding hydrogens is 366 g/mol. The lowest BCUT2D eigenvalue weighted by atomic mass is 10.2. The number of halogens is 1. The lowest BCUT2D eigenvalue weighted by Crippen LogP contribution is -2.30. The molecule has 1 saturated carbocycles. The van der Waals surface area contributed by atoms with E-state index >= 15 is 0 Å². The number of imide groups is 1. The van der Waals surface area contributed by atoms with Crippen LogP contribution in [-0.4, -0.2) is 56.9 Å². The highest BCUT2D eigenvalue weighted by molar-refractivity contribution is 6.36. The molecule has 0 N–H and O–H groups in total. The fraction of sp³-hybridized carbons (Fsp3) is 0.474. The lowest BCUT2D eigenvalue weighted by Gasteiger charge is -2.13. The molecule has 27 heavy (non-hydrogen) atoms. The van der Waals surface area contributed by atoms with Gasteiger partial charge in [0.1, 0.15) is 12.1 Å². The summed E-state index contributed by atoms with van der Waals surface area (Å²) in [6.07, 6.45) is 3.83. The molecule has 8 heteroatoms. The van der Waals surface area contributed by atoms with E-state index in [0.717, 1.165) is 22.5 Å². The summed E-state index contributed by atoms with van der Waals surface area (Å²) in [6, 6.07) is 3.63. The Labute approximate surface area is 162 Å². The van der Waals surface area contributed by atoms with Gasteiger partial charge in [0.05, 0.1) is 10.5 Å². The van der Waals surface area contributed by atoms with E-state index in [4.69, 9.17) is 11.6 Å². The maximum Gasteiger partial charge on any atom is 0.326 e. The van der Waals surface area contributed by atoms with Crippen molar-refractivity contribution in [3.05, 3.63) is 22.7 Å². The Bertz CT molecular complexity index is 970. The van der Waals surface area contributed by atoms with Crippen molar-refractivity contribution < 1.29 is 9.59 Å². The van der Waals surface area contributed by atoms with Crippen LogP contribution in [-0.2, 0) is 11.3 Å². The number of unbranched alkanes of at least 4 members (excludes halogenated alkanes) is 1. The van der Waals surface area contributed by atoms with Crippen LogP contribution in [0.15, 0.2) is 12.1 Å². The molecule has 0 spiro atoms. The maximum atomic E-state index is 11.8. The molecule has 1 aliphatic carbocycles. The largest absolute Gasteiger partial charge is 0.326 e. The first-order valence-corrected chi connectivity index (χ1v) is 9.48. The quantitative estimate of drug-likeness (QED) is 0.450. The number of nitrogens with zero attached hydrogens (tertiary/aromatic N) is 5. The molecule has 2 aromatic rings. The lowest BCUT2D eigenvalue weighted by molar-refractivity contribution is -0.124. The van der Waals surface area contributed by atoms with Gasteiger partial charge in [-0.05, 0) is 37.3 Å². The summed E-state index contributed by atoms with van der Waals surface area (Å²) in [5.41, 5.74) is 2.36. The first-order chi connectivity index (χ1) is 13.0. The summed E-state index contributed by atoms with van der Waals surface area (Å²) < 4.78 is 1.92. The number of rotatable bonds is 5. The number of carbonyl (C=O) groups is 2. The van der Waals surface area contributed by atoms with Crippen molar-refractivity contribution >= 4 is 34.6 Å². The van der Waals surface area contributed by atoms with Crippen LogP contribution in [0.5, 0.6) is 0 Å². The molecule has 140 valence electrons. The molecule has 0 unspecified atom stereocenters. The standard InChI is InChI=1S/C19H20ClN5O2/c1-23-16(26)12-24(19(23)27)10-4-2-3-5-14-8-9-15-18(17(14)20)21-22-25(15)11-13-6-7-13/h8-9,13H,2,4,6-7,10-12H2,1H3. The van der Waals surface area contributed by atoms with E-state index < -0.39 is 0 Å². The molecule has 3 amide bonds. The number of carbonyl (C=O) groups excluding carboxylic acids is 2. The second-order valence-corrected chi connectivity index (χ2v) is 7.45. The summed E-state index contributed by atoms with van der Waals surface area (Å²) >= 11 is 6.46. The molecule has 0 atom stereocenters. The number of urea groups is 1. The van der Waals surface area contributed by atoms with Crippen LogP contribution in [0.25, 0.3) is 11.0 Å². The highest BCUT2D eigenvalue weighted by atomic mass is 35.5. The Morgan fingerprint density at radius 1 is 1.30 bits per heavy atom. The summed E-state index contributed by atoms with van der Waals surface area (Å²) in [6.45, 7) is 1.57. The van der Waals surface area contributed by atoms with Crippen LogP contribution in [0.2, 0.25) is 5.02 Å². The zero-order valence-corrected chi connectivity index (χ0v) is 15.9. The van der Waals surface area contributed by atoms with Gasteiger partial charge in [-0.25, -0.2) is 9.48 Å². The van der Waals surface area contributed by atoms with Crippen molar-refractivity contribution in [3.8, 4) is 11.8 Å². The molecule has 1 aliphatic heterocycles. The first kappa shape index (κ1) is 17.8. The van der Waals surface area contributed by atoms with Crippen LogP contribution in [0.3, 0.4) is 0 Å². The van der Waals surface area contributed by atoms with Crippen molar-refractivity contribution in [3.63, 3.8) is 0 Å². The summed E-state index contributed by atoms with van der Waals surface area (Å²) in [5, 5.41) is 8.96. The van der Waals surface area contributed by atoms with Crippen LogP contribution in [0, 0.1) is 17.8 Å². The van der Waals surface area contributed by atoms with Crippen molar-refractivity contribution in [1.82, 2.24) is 24.8 Å². The van der Waals surface area contributed by atoms with E-state index in [1.165, 1.54) is 19.9 Å². The Hall–Kier alpha value is -2.59. The number of hydrogen-bond acceptors (Lipinski definition) is 4. The van der Waals surface area contributed by atoms with Gasteiger partial charge in [0.15, 0.2) is 0 Å². The number of aromatic nitrogens is 3. The van der Waals surface area contributed by atoms with Gasteiger partial charge in [0.2, 0.25) is 5.91 Å². The molecule has 2 fully saturated rings. The van der Waals surface area contributed by atoms with Crippen LogP contribution < -0.4 is 0 Å². The normalized spacial score (nSPS) is 17.0. The Kier molecular flexibility index (Phi) is 4.75. The SMILES string of the molecule is CN1C(=O)CN(CCCC#Cc2ccc3c(nnn3CC3CC3)c2Cl)C1=O. The highest BCUT2D eigenvalue weighted by Crippen LogP contribution is 2.32. The third-order valence-corrected chi connectivity index (χ3v) is 5.35. The second-order valence-electron chi connectivity index (χ2n) is 7.07. The maximum absolute atomic E-state index is 11.8. The Balaban J connectivity index is 1.37. The molecule has 4 rings (SSSR count). The third-order valence-electron chi connectivity index (χ3n) is 4.96. The number of hydrogen-bond donors (Lipinski definition) is 0. The minimum Gasteiger partial charge on any atom is -0.315 e. The number of benzene rings is 1. The third kappa shape index (κ3) is 3.62. The van der Waals surface area contributed by atoms with Gasteiger partial charge in [-0.2, -0.15) is 0 Å². The van der Waals surface area contributed by atoms with Gasteiger partial charge in [-0.1, -0.05) is 28.7 Å². The average Bonchev–Trinajstić information content (AvgIpc) is 3.33. The van der Waals surface area contributed by atoms with Gasteiger partial charge in [0.25, 0.3) is 0 Å². The van der Waals surface area contributed by atoms with Crippen LogP contribution in [0.1, 0.15) is 31.2 Å². The monoisotopic (exact) mass is 385 g/mol. The van der Waals surface area contributed by atoms with E-state index in [-0.39, 0.29) is 18.5 Å². The second kappa shape index (κ2) is 7.20. The summed E-state index contributed by atoms with van der Waals surface area (Å²) in [4.78, 5) is 26.0. The predicted molar refractivity (Wildman–Crippen MR) is 101 cm³/mol. The van der Waals surface area contributed by atoms with Crippen molar-refractivity contribution in [2.24, 2.45) is 5.92 Å². The topological polar surface area (TPSA) is 71.3 Å². The molecule has 1 aromatic heterocycles. The van der Waals surface area contributed by atoms with E-state index in [2.05, 4.69) is 22.2 Å². The van der Waals surface area contributed by atoms with Gasteiger partial charge >= 0.3 is 6.03 Å². The molecule has 2 heterocycles. The molecule has 1 aromatic carbocycles. The highest BCUT2D eigenvalue weighted by Gasteiger charge is 2.32. The van der Waals surface area contributed by atoms with Gasteiger partial charge in [0, 0.05) is 32.1 Å². The molecular formula is C19H20ClN5O2. The zero-order chi connectivity index (χ0) is 19.0. The number of amides is 3. The number of fused-ring (bicyclic) bond motifs is 1. The molecule has 1 saturated heterocycles. The first-order valence-electron chi connectivity index (χ1n) is 9.10. The van der Waals surface area contributed by atoms with Crippen LogP contribution in [0.4, 0.5) is 4.79 Å². The fourth-order valence-corrected chi connectivity index (χ4v) is 3.37. The van der Waals surface area contributed by atoms with E-state index in [1.54, 1.807) is 4.90 Å². The summed E-state index contributed by atoms with van der Waals surface area (Å²) in [5.74, 6) is 6.72. The Morgan fingerprint density at radius 2 is 2.11 bits per heavy atom. The van der Waals surface area contributed by atoms with E-state index in [9.17, 15) is 9.59 Å². The van der Waals surface area contributed by atoms with E-state index in [0.29, 0.717) is 35.8 Å². The van der Waals surface area contributed by atoms with E-state index in [1.807, 2.05) is 16.8 Å². The smallest absolute Gasteiger partial charge is 0.315 e. The van der Waals surface area contributed by atoms with Crippen molar-refractivity contribution in [2.75, 3.05) is 20.1 Å². The van der Waals surface area contributed by atoms with Crippen LogP contribution >= 0.6 is 11.6 Å². The average molecular weight is 386 g/mol. The minimum absolute atomic E-state index is 0.155. The minimum atomic E-state index is -0.240. The Morgan fingerprint density at radius 3 is 2.81 bits per heavy atom. The molecule has 0 radical (unpaired) electrons. The van der Waals surface area contributed by atoms with Gasteiger partial charge in [-0.15, -0.1) is 5.10 Å². The van der Waals surface area contributed by atoms with Gasteiger partial charge in [-0.3, -0.25) is 9.69 Å². The van der Waals surface area contributed by atoms with Crippen molar-refractivity contribution in [1.29, 1.82) is 0 Å². The van der Waals surface area contributed by atoms with Gasteiger partial charge < -0.3 is 4.90 Å². The fourth-order valence-electron chi connectivity index (χ4n) is 3.13. The predicted octanol–water partition coefficient (Wildman–Crippen LogP) is 2.52. The number of likely N-dealkylation sites (N-methyl/N-ethyl adjacent to an activating group) is 1. The molecule has 2 aliphatic rings. The summed E-state index contributed by atoms with van der Waals surface area (Å²) in [7, 11) is 1.50. The molecule has 7 nitrogen and oxygen atoms in total. The molecule has 0 bridgehead atoms.